The molecule has 1 amide bonds. The van der Waals surface area contributed by atoms with Gasteiger partial charge in [0.1, 0.15) is 0 Å². The average molecular weight is 372 g/mol. The number of ketones is 1. The number of nitrogens with one attached hydrogen (secondary N) is 1. The molecule has 26 heavy (non-hydrogen) atoms. The van der Waals surface area contributed by atoms with Crippen molar-refractivity contribution in [2.45, 2.75) is 17.7 Å². The molecule has 3 rings (SSSR count). The van der Waals surface area contributed by atoms with Gasteiger partial charge in [0.2, 0.25) is 10.0 Å². The van der Waals surface area contributed by atoms with Crippen LogP contribution in [0.3, 0.4) is 0 Å². The Labute approximate surface area is 152 Å². The van der Waals surface area contributed by atoms with Crippen molar-refractivity contribution in [2.75, 3.05) is 19.4 Å². The predicted molar refractivity (Wildman–Crippen MR) is 98.8 cm³/mol. The summed E-state index contributed by atoms with van der Waals surface area (Å²) in [6.45, 7) is 0. The van der Waals surface area contributed by atoms with E-state index in [1.54, 1.807) is 30.3 Å². The Balaban J connectivity index is 1.75. The van der Waals surface area contributed by atoms with Gasteiger partial charge in [-0.2, -0.15) is 0 Å². The van der Waals surface area contributed by atoms with Crippen LogP contribution in [0.5, 0.6) is 0 Å². The minimum atomic E-state index is -3.61. The first-order valence-electron chi connectivity index (χ1n) is 8.27. The number of hydrogen-bond acceptors (Lipinski definition) is 4. The molecule has 1 fully saturated rings. The third kappa shape index (κ3) is 3.84. The summed E-state index contributed by atoms with van der Waals surface area (Å²) in [4.78, 5) is 24.5. The number of carbonyl (C=O) groups excluding carboxylic acids is 2. The molecule has 7 heteroatoms. The summed E-state index contributed by atoms with van der Waals surface area (Å²) in [7, 11) is -0.733. The van der Waals surface area contributed by atoms with Crippen molar-refractivity contribution < 1.29 is 18.0 Å². The largest absolute Gasteiger partial charge is 0.322 e. The smallest absolute Gasteiger partial charge is 0.255 e. The number of anilines is 1. The molecule has 1 N–H and O–H groups in total. The van der Waals surface area contributed by atoms with Crippen LogP contribution >= 0.6 is 0 Å². The minimum absolute atomic E-state index is 0.0560. The molecule has 1 aliphatic rings. The second-order valence-electron chi connectivity index (χ2n) is 6.49. The van der Waals surface area contributed by atoms with Gasteiger partial charge in [-0.25, -0.2) is 12.7 Å². The molecule has 0 bridgehead atoms. The van der Waals surface area contributed by atoms with Crippen molar-refractivity contribution in [3.8, 4) is 0 Å². The maximum absolute atomic E-state index is 12.4. The molecule has 0 saturated heterocycles. The first-order valence-corrected chi connectivity index (χ1v) is 9.71. The second kappa shape index (κ2) is 7.01. The predicted octanol–water partition coefficient (Wildman–Crippen LogP) is 2.78. The van der Waals surface area contributed by atoms with Gasteiger partial charge in [-0.1, -0.05) is 6.07 Å². The van der Waals surface area contributed by atoms with E-state index in [2.05, 4.69) is 5.32 Å². The van der Waals surface area contributed by atoms with Crippen molar-refractivity contribution in [3.63, 3.8) is 0 Å². The van der Waals surface area contributed by atoms with Gasteiger partial charge < -0.3 is 5.32 Å². The van der Waals surface area contributed by atoms with Gasteiger partial charge in [0.05, 0.1) is 4.90 Å². The molecule has 136 valence electrons. The molecule has 2 aromatic carbocycles. The van der Waals surface area contributed by atoms with Crippen LogP contribution in [0.2, 0.25) is 0 Å². The Hall–Kier alpha value is -2.51. The van der Waals surface area contributed by atoms with E-state index in [1.807, 2.05) is 0 Å². The zero-order valence-corrected chi connectivity index (χ0v) is 15.4. The highest BCUT2D eigenvalue weighted by molar-refractivity contribution is 7.89. The standard InChI is InChI=1S/C19H20N2O4S/c1-21(2)26(24,25)17-5-3-4-15(12-17)19(23)20-16-10-8-14(9-11-16)18(22)13-6-7-13/h3-5,8-13H,6-7H2,1-2H3,(H,20,23). The second-order valence-corrected chi connectivity index (χ2v) is 8.64. The van der Waals surface area contributed by atoms with E-state index in [9.17, 15) is 18.0 Å². The van der Waals surface area contributed by atoms with E-state index in [1.165, 1.54) is 32.3 Å². The van der Waals surface area contributed by atoms with E-state index < -0.39 is 15.9 Å². The number of rotatable bonds is 6. The maximum Gasteiger partial charge on any atom is 0.255 e. The normalized spacial score (nSPS) is 14.3. The first-order chi connectivity index (χ1) is 12.3. The van der Waals surface area contributed by atoms with Crippen LogP contribution < -0.4 is 5.32 Å². The van der Waals surface area contributed by atoms with Crippen molar-refractivity contribution in [3.05, 3.63) is 59.7 Å². The summed E-state index contributed by atoms with van der Waals surface area (Å²) in [6, 6.07) is 12.6. The van der Waals surface area contributed by atoms with Gasteiger partial charge in [0.25, 0.3) is 5.91 Å². The number of sulfonamides is 1. The molecule has 6 nitrogen and oxygen atoms in total. The molecule has 0 unspecified atom stereocenters. The lowest BCUT2D eigenvalue weighted by Gasteiger charge is -2.12. The molecular formula is C19H20N2O4S. The zero-order valence-electron chi connectivity index (χ0n) is 14.6. The lowest BCUT2D eigenvalue weighted by Crippen LogP contribution is -2.22. The molecule has 1 aliphatic carbocycles. The fourth-order valence-corrected chi connectivity index (χ4v) is 3.46. The van der Waals surface area contributed by atoms with E-state index >= 15 is 0 Å². The first kappa shape index (κ1) is 18.3. The molecule has 0 spiro atoms. The summed E-state index contributed by atoms with van der Waals surface area (Å²) in [5.41, 5.74) is 1.43. The topological polar surface area (TPSA) is 83.6 Å². The van der Waals surface area contributed by atoms with Crippen LogP contribution in [-0.4, -0.2) is 38.5 Å². The Morgan fingerprint density at radius 3 is 2.23 bits per heavy atom. The SMILES string of the molecule is CN(C)S(=O)(=O)c1cccc(C(=O)Nc2ccc(C(=O)C3CC3)cc2)c1. The lowest BCUT2D eigenvalue weighted by atomic mass is 10.1. The Morgan fingerprint density at radius 1 is 1.00 bits per heavy atom. The van der Waals surface area contributed by atoms with Crippen LogP contribution in [-0.2, 0) is 10.0 Å². The van der Waals surface area contributed by atoms with Gasteiger partial charge in [-0.05, 0) is 55.3 Å². The van der Waals surface area contributed by atoms with Gasteiger partial charge in [0, 0.05) is 36.8 Å². The highest BCUT2D eigenvalue weighted by atomic mass is 32.2. The minimum Gasteiger partial charge on any atom is -0.322 e. The highest BCUT2D eigenvalue weighted by Gasteiger charge is 2.30. The van der Waals surface area contributed by atoms with E-state index in [0.29, 0.717) is 11.3 Å². The molecule has 0 atom stereocenters. The van der Waals surface area contributed by atoms with E-state index in [0.717, 1.165) is 17.1 Å². The Bertz CT molecular complexity index is 946. The highest BCUT2D eigenvalue weighted by Crippen LogP contribution is 2.32. The molecule has 0 radical (unpaired) electrons. The van der Waals surface area contributed by atoms with Crippen LogP contribution in [0.15, 0.2) is 53.4 Å². The third-order valence-electron chi connectivity index (χ3n) is 4.25. The number of benzene rings is 2. The van der Waals surface area contributed by atoms with Crippen LogP contribution in [0.25, 0.3) is 0 Å². The number of carbonyl (C=O) groups is 2. The maximum atomic E-state index is 12.4. The zero-order chi connectivity index (χ0) is 18.9. The fraction of sp³-hybridized carbons (Fsp3) is 0.263. The Kier molecular flexibility index (Phi) is 4.93. The van der Waals surface area contributed by atoms with Crippen molar-refractivity contribution in [2.24, 2.45) is 5.92 Å². The van der Waals surface area contributed by atoms with Gasteiger partial charge in [0.15, 0.2) is 5.78 Å². The average Bonchev–Trinajstić information content (AvgIpc) is 3.47. The van der Waals surface area contributed by atoms with Crippen LogP contribution in [0, 0.1) is 5.92 Å². The monoisotopic (exact) mass is 372 g/mol. The number of hydrogen-bond donors (Lipinski definition) is 1. The van der Waals surface area contributed by atoms with E-state index in [4.69, 9.17) is 0 Å². The molecule has 0 aromatic heterocycles. The Morgan fingerprint density at radius 2 is 1.65 bits per heavy atom. The van der Waals surface area contributed by atoms with Gasteiger partial charge in [-0.3, -0.25) is 9.59 Å². The lowest BCUT2D eigenvalue weighted by molar-refractivity contribution is 0.0967. The molecular weight excluding hydrogens is 352 g/mol. The summed E-state index contributed by atoms with van der Waals surface area (Å²) in [5, 5.41) is 2.72. The molecule has 0 heterocycles. The third-order valence-corrected chi connectivity index (χ3v) is 6.06. The van der Waals surface area contributed by atoms with Crippen LogP contribution in [0.4, 0.5) is 5.69 Å². The van der Waals surface area contributed by atoms with Crippen molar-refractivity contribution >= 4 is 27.4 Å². The summed E-state index contributed by atoms with van der Waals surface area (Å²) >= 11 is 0. The van der Waals surface area contributed by atoms with Crippen molar-refractivity contribution in [1.82, 2.24) is 4.31 Å². The summed E-state index contributed by atoms with van der Waals surface area (Å²) in [5.74, 6) is -0.122. The number of amides is 1. The van der Waals surface area contributed by atoms with E-state index in [-0.39, 0.29) is 22.2 Å². The number of nitrogens with zero attached hydrogens (tertiary/aromatic N) is 1. The summed E-state index contributed by atoms with van der Waals surface area (Å²) < 4.78 is 25.5. The quantitative estimate of drug-likeness (QED) is 0.791. The van der Waals surface area contributed by atoms with Crippen molar-refractivity contribution in [1.29, 1.82) is 0 Å². The van der Waals surface area contributed by atoms with Crippen LogP contribution in [0.1, 0.15) is 33.6 Å². The molecule has 0 aliphatic heterocycles. The van der Waals surface area contributed by atoms with Gasteiger partial charge in [-0.15, -0.1) is 0 Å². The molecule has 1 saturated carbocycles. The van der Waals surface area contributed by atoms with Gasteiger partial charge >= 0.3 is 0 Å². The summed E-state index contributed by atoms with van der Waals surface area (Å²) in [6.07, 6.45) is 1.90. The molecule has 2 aromatic rings. The number of Topliss-reactive ketones (excluding diaryl/α,β-unsaturated/α-hetero) is 1. The fourth-order valence-electron chi connectivity index (χ4n) is 2.51.